The molecule has 0 aromatic carbocycles. The summed E-state index contributed by atoms with van der Waals surface area (Å²) in [5, 5.41) is 17.1. The number of ether oxygens (including phenoxy) is 1. The molecule has 7 N–H and O–H groups in total. The molecule has 0 saturated heterocycles. The van der Waals surface area contributed by atoms with Crippen LogP contribution in [0.4, 0.5) is 10.0 Å². The molecule has 2 saturated carbocycles. The van der Waals surface area contributed by atoms with Gasteiger partial charge in [-0.05, 0) is 102 Å². The number of thiophene rings is 2. The van der Waals surface area contributed by atoms with Crippen molar-refractivity contribution in [3.8, 4) is 0 Å². The van der Waals surface area contributed by atoms with E-state index < -0.39 is 17.4 Å². The van der Waals surface area contributed by atoms with E-state index in [9.17, 15) is 29.1 Å². The Labute approximate surface area is 312 Å². The summed E-state index contributed by atoms with van der Waals surface area (Å²) in [7, 11) is 0. The number of primary amides is 2. The van der Waals surface area contributed by atoms with E-state index in [0.717, 1.165) is 65.8 Å². The van der Waals surface area contributed by atoms with Crippen molar-refractivity contribution < 1.29 is 46.2 Å². The van der Waals surface area contributed by atoms with Crippen molar-refractivity contribution in [3.63, 3.8) is 0 Å². The van der Waals surface area contributed by atoms with Gasteiger partial charge in [-0.1, -0.05) is 0 Å². The van der Waals surface area contributed by atoms with Crippen LogP contribution in [0.25, 0.3) is 0 Å². The predicted octanol–water partition coefficient (Wildman–Crippen LogP) is 1.01. The van der Waals surface area contributed by atoms with Crippen molar-refractivity contribution in [2.75, 3.05) is 17.2 Å². The smallest absolute Gasteiger partial charge is 1.00 e. The second-order valence-corrected chi connectivity index (χ2v) is 15.2. The van der Waals surface area contributed by atoms with Crippen LogP contribution < -0.4 is 34.5 Å². The first-order chi connectivity index (χ1) is 21.3. The van der Waals surface area contributed by atoms with E-state index in [0.29, 0.717) is 47.0 Å². The number of amides is 4. The molecule has 260 valence electrons. The number of aliphatic hydroxyl groups is 1. The van der Waals surface area contributed by atoms with Crippen LogP contribution in [0.1, 0.15) is 101 Å². The monoisotopic (exact) mass is 732 g/mol. The summed E-state index contributed by atoms with van der Waals surface area (Å²) in [5.41, 5.74) is 13.1. The van der Waals surface area contributed by atoms with E-state index in [2.05, 4.69) is 10.6 Å². The van der Waals surface area contributed by atoms with Crippen LogP contribution in [0.2, 0.25) is 0 Å². The number of nitrogens with two attached hydrogens (primary N) is 2. The van der Waals surface area contributed by atoms with Crippen LogP contribution in [0.3, 0.4) is 0 Å². The molecule has 6 rings (SSSR count). The third kappa shape index (κ3) is 9.72. The largest absolute Gasteiger partial charge is 2.00 e. The second kappa shape index (κ2) is 17.1. The van der Waals surface area contributed by atoms with Gasteiger partial charge in [-0.15, -0.1) is 22.7 Å². The maximum atomic E-state index is 12.0. The molecule has 2 heterocycles. The minimum absolute atomic E-state index is 0. The first-order valence-corrected chi connectivity index (χ1v) is 17.3. The number of fused-ring (bicyclic) bond motifs is 2. The predicted molar refractivity (Wildman–Crippen MR) is 185 cm³/mol. The Hall–Kier alpha value is -2.23. The molecule has 0 bridgehead atoms. The minimum Gasteiger partial charge on any atom is -1.00 e. The van der Waals surface area contributed by atoms with E-state index in [1.165, 1.54) is 22.7 Å². The first-order valence-electron chi connectivity index (χ1n) is 15.7. The topological polar surface area (TPSA) is 191 Å². The summed E-state index contributed by atoms with van der Waals surface area (Å²) in [4.78, 5) is 61.6. The molecule has 4 aliphatic rings. The van der Waals surface area contributed by atoms with Crippen molar-refractivity contribution in [3.05, 3.63) is 39.4 Å². The minimum atomic E-state index is -0.744. The van der Waals surface area contributed by atoms with E-state index in [1.807, 2.05) is 13.8 Å². The molecule has 2 aromatic heterocycles. The Balaban J connectivity index is 0.000000314. The van der Waals surface area contributed by atoms with Gasteiger partial charge in [0.15, 0.2) is 0 Å². The van der Waals surface area contributed by atoms with Crippen molar-refractivity contribution in [1.82, 2.24) is 0 Å². The van der Waals surface area contributed by atoms with Crippen LogP contribution in [0.15, 0.2) is 0 Å². The molecule has 4 amide bonds. The maximum Gasteiger partial charge on any atom is 2.00 e. The number of hydrogen-bond acceptors (Lipinski definition) is 9. The van der Waals surface area contributed by atoms with Gasteiger partial charge in [0, 0.05) is 21.6 Å². The van der Waals surface area contributed by atoms with Gasteiger partial charge in [-0.3, -0.25) is 24.0 Å². The van der Waals surface area contributed by atoms with Crippen LogP contribution in [-0.4, -0.2) is 70.0 Å². The SMILES string of the molecule is CC(C)(O)C1CCc2c(sc(NC(=O)C3CC3)c2C(N)=O)C1.CCOC(=O)C1CCc2c(sc(NC(=O)C3CC3)c2C(N)=O)C1.[CH3-].[Cl-].[Mg+2]. The van der Waals surface area contributed by atoms with Crippen molar-refractivity contribution in [2.45, 2.75) is 90.6 Å². The van der Waals surface area contributed by atoms with Gasteiger partial charge in [0.25, 0.3) is 11.8 Å². The van der Waals surface area contributed by atoms with Gasteiger partial charge < -0.3 is 51.8 Å². The number of halogens is 1. The van der Waals surface area contributed by atoms with E-state index in [-0.39, 0.29) is 84.3 Å². The van der Waals surface area contributed by atoms with Gasteiger partial charge in [-0.25, -0.2) is 0 Å². The number of anilines is 2. The van der Waals surface area contributed by atoms with Crippen LogP contribution in [0, 0.1) is 31.1 Å². The average Bonchev–Trinajstić information content (AvgIpc) is 3.90. The number of esters is 1. The van der Waals surface area contributed by atoms with Gasteiger partial charge in [0.1, 0.15) is 10.0 Å². The molecule has 0 spiro atoms. The van der Waals surface area contributed by atoms with Crippen LogP contribution in [0.5, 0.6) is 0 Å². The zero-order valence-electron chi connectivity index (χ0n) is 28.0. The summed E-state index contributed by atoms with van der Waals surface area (Å²) in [6, 6.07) is 0. The zero-order chi connectivity index (χ0) is 32.6. The molecule has 4 aliphatic carbocycles. The molecular weight excluding hydrogens is 688 g/mol. The van der Waals surface area contributed by atoms with Crippen molar-refractivity contribution >= 4 is 85.3 Å². The van der Waals surface area contributed by atoms with E-state index in [4.69, 9.17) is 16.2 Å². The van der Waals surface area contributed by atoms with E-state index in [1.54, 1.807) is 6.92 Å². The Morgan fingerprint density at radius 1 is 0.792 bits per heavy atom. The number of rotatable bonds is 9. The quantitative estimate of drug-likeness (QED) is 0.144. The molecule has 2 atom stereocenters. The fraction of sp³-hybridized carbons (Fsp3) is 0.576. The molecule has 48 heavy (non-hydrogen) atoms. The Morgan fingerprint density at radius 3 is 1.62 bits per heavy atom. The van der Waals surface area contributed by atoms with Crippen molar-refractivity contribution in [2.24, 2.45) is 35.1 Å². The average molecular weight is 734 g/mol. The summed E-state index contributed by atoms with van der Waals surface area (Å²) in [6.07, 6.45) is 7.68. The first kappa shape index (κ1) is 41.9. The van der Waals surface area contributed by atoms with Gasteiger partial charge in [-0.2, -0.15) is 0 Å². The molecule has 2 aromatic rings. The molecule has 15 heteroatoms. The standard InChI is InChI=1S/C16H20N2O4S.C16H22N2O3S.CH3.ClH.Mg/c1-2-22-16(21)9-5-6-10-11(7-9)23-15(12(10)13(17)19)18-14(20)8-3-4-8;1-16(2,21)9-5-6-10-11(7-9)22-15(12(10)13(17)19)18-14(20)8-3-4-8;;;/h8-9H,2-7H2,1H3,(H2,17,19)(H,18,20);8-9,21H,3-7H2,1-2H3,(H2,17,19)(H,18,20);1H3;1H;/q;;-1;;+2/p-1. The molecule has 0 radical (unpaired) electrons. The summed E-state index contributed by atoms with van der Waals surface area (Å²) in [5.74, 6) is -1.15. The second-order valence-electron chi connectivity index (χ2n) is 13.0. The molecule has 2 fully saturated rings. The molecule has 11 nitrogen and oxygen atoms in total. The summed E-state index contributed by atoms with van der Waals surface area (Å²) < 4.78 is 5.09. The number of carbonyl (C=O) groups excluding carboxylic acids is 5. The summed E-state index contributed by atoms with van der Waals surface area (Å²) >= 11 is 2.80. The third-order valence-electron chi connectivity index (χ3n) is 9.01. The Kier molecular flexibility index (Phi) is 15.0. The number of hydrogen-bond donors (Lipinski definition) is 5. The van der Waals surface area contributed by atoms with Crippen LogP contribution >= 0.6 is 22.7 Å². The van der Waals surface area contributed by atoms with Gasteiger partial charge in [0.2, 0.25) is 11.8 Å². The fourth-order valence-electron chi connectivity index (χ4n) is 6.05. The normalized spacial score (nSPS) is 19.2. The third-order valence-corrected chi connectivity index (χ3v) is 11.4. The Bertz CT molecular complexity index is 1530. The summed E-state index contributed by atoms with van der Waals surface area (Å²) in [6.45, 7) is 5.79. The van der Waals surface area contributed by atoms with Gasteiger partial charge in [0.05, 0.1) is 29.3 Å². The van der Waals surface area contributed by atoms with Crippen molar-refractivity contribution in [1.29, 1.82) is 0 Å². The molecule has 2 unspecified atom stereocenters. The van der Waals surface area contributed by atoms with Gasteiger partial charge >= 0.3 is 29.0 Å². The maximum absolute atomic E-state index is 12.0. The Morgan fingerprint density at radius 2 is 1.23 bits per heavy atom. The number of carbonyl (C=O) groups is 5. The number of nitrogens with one attached hydrogen (secondary N) is 2. The van der Waals surface area contributed by atoms with E-state index >= 15 is 0 Å². The molecule has 0 aliphatic heterocycles. The molecular formula is C33H45ClMgN4O7S2. The van der Waals surface area contributed by atoms with Crippen LogP contribution in [-0.2, 0) is 44.8 Å². The zero-order valence-corrected chi connectivity index (χ0v) is 31.8. The fourth-order valence-corrected chi connectivity index (χ4v) is 8.72.